The van der Waals surface area contributed by atoms with Gasteiger partial charge >= 0.3 is 0 Å². The van der Waals surface area contributed by atoms with Gasteiger partial charge in [-0.05, 0) is 48.1 Å². The summed E-state index contributed by atoms with van der Waals surface area (Å²) in [5, 5.41) is 4.66. The summed E-state index contributed by atoms with van der Waals surface area (Å²) in [4.78, 5) is 19.5. The van der Waals surface area contributed by atoms with Crippen LogP contribution in [0.4, 0.5) is 0 Å². The predicted molar refractivity (Wildman–Crippen MR) is 113 cm³/mol. The molecule has 29 heavy (non-hydrogen) atoms. The van der Waals surface area contributed by atoms with Crippen LogP contribution in [0, 0.1) is 0 Å². The van der Waals surface area contributed by atoms with Gasteiger partial charge in [0.15, 0.2) is 0 Å². The summed E-state index contributed by atoms with van der Waals surface area (Å²) in [6.07, 6.45) is 1.70. The highest BCUT2D eigenvalue weighted by Gasteiger charge is 2.34. The van der Waals surface area contributed by atoms with Crippen molar-refractivity contribution in [3.63, 3.8) is 0 Å². The molecule has 6 heteroatoms. The van der Waals surface area contributed by atoms with E-state index in [1.54, 1.807) is 6.07 Å². The van der Waals surface area contributed by atoms with Gasteiger partial charge in [0.05, 0.1) is 5.02 Å². The zero-order chi connectivity index (χ0) is 20.6. The quantitative estimate of drug-likeness (QED) is 0.559. The Kier molecular flexibility index (Phi) is 5.17. The van der Waals surface area contributed by atoms with E-state index in [9.17, 15) is 4.79 Å². The maximum Gasteiger partial charge on any atom is 0.254 e. The summed E-state index contributed by atoms with van der Waals surface area (Å²) in [6, 6.07) is 15.0. The molecule has 0 bridgehead atoms. The van der Waals surface area contributed by atoms with Crippen LogP contribution in [0.2, 0.25) is 5.02 Å². The summed E-state index contributed by atoms with van der Waals surface area (Å²) < 4.78 is 5.52. The molecule has 0 aliphatic carbocycles. The molecular weight excluding hydrogens is 386 g/mol. The van der Waals surface area contributed by atoms with Crippen LogP contribution in [0.5, 0.6) is 0 Å². The van der Waals surface area contributed by atoms with Crippen molar-refractivity contribution in [1.29, 1.82) is 0 Å². The Hall–Kier alpha value is -2.66. The minimum Gasteiger partial charge on any atom is -0.337 e. The lowest BCUT2D eigenvalue weighted by Gasteiger charge is -2.23. The minimum absolute atomic E-state index is 0.00884. The van der Waals surface area contributed by atoms with Crippen LogP contribution in [0.1, 0.15) is 61.5 Å². The van der Waals surface area contributed by atoms with Crippen molar-refractivity contribution in [1.82, 2.24) is 15.0 Å². The number of hydrogen-bond donors (Lipinski definition) is 0. The molecule has 2 aromatic carbocycles. The molecule has 0 spiro atoms. The summed E-state index contributed by atoms with van der Waals surface area (Å²) in [5.74, 6) is 0.891. The number of nitrogens with zero attached hydrogens (tertiary/aromatic N) is 3. The number of carbonyl (C=O) groups is 1. The summed E-state index contributed by atoms with van der Waals surface area (Å²) in [5.41, 5.74) is 2.65. The Morgan fingerprint density at radius 1 is 1.14 bits per heavy atom. The molecule has 0 radical (unpaired) electrons. The van der Waals surface area contributed by atoms with Crippen LogP contribution < -0.4 is 0 Å². The molecule has 2 heterocycles. The maximum absolute atomic E-state index is 13.1. The molecule has 3 aromatic rings. The Labute approximate surface area is 175 Å². The van der Waals surface area contributed by atoms with Gasteiger partial charge in [-0.25, -0.2) is 0 Å². The molecule has 1 aliphatic rings. The number of rotatable bonds is 3. The van der Waals surface area contributed by atoms with Crippen LogP contribution >= 0.6 is 11.6 Å². The molecule has 1 aliphatic heterocycles. The number of amides is 1. The fourth-order valence-corrected chi connectivity index (χ4v) is 3.89. The van der Waals surface area contributed by atoms with E-state index < -0.39 is 0 Å². The lowest BCUT2D eigenvalue weighted by molar-refractivity contribution is 0.0710. The molecule has 150 valence electrons. The number of aromatic nitrogens is 2. The SMILES string of the molecule is CC(C)(C)c1ccc(C(=O)N2CCC[C@@H]2c2nc(-c3ccccc3Cl)no2)cc1. The van der Waals surface area contributed by atoms with Gasteiger partial charge in [0.25, 0.3) is 5.91 Å². The van der Waals surface area contributed by atoms with Gasteiger partial charge < -0.3 is 9.42 Å². The summed E-state index contributed by atoms with van der Waals surface area (Å²) >= 11 is 6.25. The van der Waals surface area contributed by atoms with E-state index in [-0.39, 0.29) is 17.4 Å². The van der Waals surface area contributed by atoms with Crippen LogP contribution in [0.3, 0.4) is 0 Å². The molecule has 0 saturated carbocycles. The molecule has 4 rings (SSSR count). The van der Waals surface area contributed by atoms with Gasteiger partial charge in [-0.3, -0.25) is 4.79 Å². The van der Waals surface area contributed by atoms with Crippen molar-refractivity contribution < 1.29 is 9.32 Å². The molecule has 0 unspecified atom stereocenters. The monoisotopic (exact) mass is 409 g/mol. The van der Waals surface area contributed by atoms with Crippen molar-refractivity contribution in [3.05, 3.63) is 70.6 Å². The standard InChI is InChI=1S/C23H24ClN3O2/c1-23(2,3)16-12-10-15(11-13-16)22(28)27-14-6-9-19(27)21-25-20(26-29-21)17-7-4-5-8-18(17)24/h4-5,7-8,10-13,19H,6,9,14H2,1-3H3/t19-/m1/s1. The highest BCUT2D eigenvalue weighted by Crippen LogP contribution is 2.34. The van der Waals surface area contributed by atoms with Crippen molar-refractivity contribution >= 4 is 17.5 Å². The fourth-order valence-electron chi connectivity index (χ4n) is 3.67. The Bertz CT molecular complexity index is 1020. The summed E-state index contributed by atoms with van der Waals surface area (Å²) in [6.45, 7) is 7.15. The van der Waals surface area contributed by atoms with E-state index in [1.165, 1.54) is 5.56 Å². The van der Waals surface area contributed by atoms with Gasteiger partial charge in [0.1, 0.15) is 6.04 Å². The average Bonchev–Trinajstić information content (AvgIpc) is 3.36. The Balaban J connectivity index is 1.57. The third-order valence-corrected chi connectivity index (χ3v) is 5.68. The van der Waals surface area contributed by atoms with Gasteiger partial charge in [-0.1, -0.05) is 61.8 Å². The zero-order valence-electron chi connectivity index (χ0n) is 16.9. The molecule has 1 fully saturated rings. The van der Waals surface area contributed by atoms with Crippen molar-refractivity contribution in [3.8, 4) is 11.4 Å². The number of benzene rings is 2. The van der Waals surface area contributed by atoms with E-state index >= 15 is 0 Å². The van der Waals surface area contributed by atoms with Crippen molar-refractivity contribution in [2.75, 3.05) is 6.54 Å². The zero-order valence-corrected chi connectivity index (χ0v) is 17.6. The highest BCUT2D eigenvalue weighted by atomic mass is 35.5. The third kappa shape index (κ3) is 3.92. The molecule has 1 saturated heterocycles. The minimum atomic E-state index is -0.214. The van der Waals surface area contributed by atoms with Crippen LogP contribution in [-0.2, 0) is 5.41 Å². The highest BCUT2D eigenvalue weighted by molar-refractivity contribution is 6.33. The van der Waals surface area contributed by atoms with Gasteiger partial charge in [-0.15, -0.1) is 0 Å². The molecule has 1 amide bonds. The normalized spacial score (nSPS) is 17.0. The molecule has 5 nitrogen and oxygen atoms in total. The van der Waals surface area contributed by atoms with Crippen molar-refractivity contribution in [2.24, 2.45) is 0 Å². The smallest absolute Gasteiger partial charge is 0.254 e. The number of hydrogen-bond acceptors (Lipinski definition) is 4. The number of likely N-dealkylation sites (tertiary alicyclic amines) is 1. The second-order valence-corrected chi connectivity index (χ2v) is 8.83. The fraction of sp³-hybridized carbons (Fsp3) is 0.348. The first kappa shape index (κ1) is 19.6. The first-order valence-corrected chi connectivity index (χ1v) is 10.2. The second kappa shape index (κ2) is 7.64. The van der Waals surface area contributed by atoms with Gasteiger partial charge in [0, 0.05) is 17.7 Å². The average molecular weight is 410 g/mol. The van der Waals surface area contributed by atoms with E-state index in [2.05, 4.69) is 30.9 Å². The molecule has 1 atom stereocenters. The van der Waals surface area contributed by atoms with E-state index in [1.807, 2.05) is 47.4 Å². The lowest BCUT2D eigenvalue weighted by atomic mass is 9.86. The van der Waals surface area contributed by atoms with Crippen LogP contribution in [-0.4, -0.2) is 27.5 Å². The topological polar surface area (TPSA) is 59.2 Å². The number of carbonyl (C=O) groups excluding carboxylic acids is 1. The second-order valence-electron chi connectivity index (χ2n) is 8.42. The van der Waals surface area contributed by atoms with Crippen LogP contribution in [0.25, 0.3) is 11.4 Å². The Morgan fingerprint density at radius 3 is 2.55 bits per heavy atom. The maximum atomic E-state index is 13.1. The van der Waals surface area contributed by atoms with Crippen molar-refractivity contribution in [2.45, 2.75) is 45.1 Å². The molecule has 1 aromatic heterocycles. The molecule has 0 N–H and O–H groups in total. The predicted octanol–water partition coefficient (Wildman–Crippen LogP) is 5.66. The van der Waals surface area contributed by atoms with E-state index in [0.29, 0.717) is 28.8 Å². The van der Waals surface area contributed by atoms with E-state index in [0.717, 1.165) is 18.4 Å². The van der Waals surface area contributed by atoms with E-state index in [4.69, 9.17) is 16.1 Å². The van der Waals surface area contributed by atoms with Gasteiger partial charge in [0.2, 0.25) is 11.7 Å². The third-order valence-electron chi connectivity index (χ3n) is 5.35. The Morgan fingerprint density at radius 2 is 1.86 bits per heavy atom. The molecular formula is C23H24ClN3O2. The largest absolute Gasteiger partial charge is 0.337 e. The summed E-state index contributed by atoms with van der Waals surface area (Å²) in [7, 11) is 0. The lowest BCUT2D eigenvalue weighted by Crippen LogP contribution is -2.30. The first-order chi connectivity index (χ1) is 13.8. The first-order valence-electron chi connectivity index (χ1n) is 9.84. The van der Waals surface area contributed by atoms with Crippen LogP contribution in [0.15, 0.2) is 53.1 Å². The number of halogens is 1. The van der Waals surface area contributed by atoms with Gasteiger partial charge in [-0.2, -0.15) is 4.98 Å².